The van der Waals surface area contributed by atoms with Crippen LogP contribution in [-0.4, -0.2) is 12.4 Å². The van der Waals surface area contributed by atoms with E-state index < -0.39 is 0 Å². The summed E-state index contributed by atoms with van der Waals surface area (Å²) in [6.45, 7) is 0. The molecule has 2 rings (SSSR count). The molecule has 0 atom stereocenters. The molecule has 0 spiro atoms. The summed E-state index contributed by atoms with van der Waals surface area (Å²) in [5.74, 6) is -0.294. The van der Waals surface area contributed by atoms with Gasteiger partial charge in [0, 0.05) is 12.4 Å². The number of para-hydroxylation sites is 4. The number of hydrogen-bond acceptors (Lipinski definition) is 4. The highest BCUT2D eigenvalue weighted by Gasteiger charge is 1.87. The van der Waals surface area contributed by atoms with Crippen molar-refractivity contribution in [3.05, 3.63) is 48.5 Å². The van der Waals surface area contributed by atoms with E-state index in [1.54, 1.807) is 36.4 Å². The van der Waals surface area contributed by atoms with Crippen molar-refractivity contribution in [1.29, 1.82) is 0 Å². The summed E-state index contributed by atoms with van der Waals surface area (Å²) < 4.78 is 0. The zero-order valence-electron chi connectivity index (χ0n) is 9.48. The van der Waals surface area contributed by atoms with Gasteiger partial charge in [-0.3, -0.25) is 9.98 Å². The highest BCUT2D eigenvalue weighted by atomic mass is 16.3. The SMILES string of the molecule is [O-]c1ccccc1N=CC=Nc1ccccc1[O-]. The van der Waals surface area contributed by atoms with Crippen molar-refractivity contribution in [2.45, 2.75) is 0 Å². The maximum Gasteiger partial charge on any atom is 0.0551 e. The van der Waals surface area contributed by atoms with Gasteiger partial charge in [-0.15, -0.1) is 0 Å². The van der Waals surface area contributed by atoms with Gasteiger partial charge < -0.3 is 10.2 Å². The van der Waals surface area contributed by atoms with Gasteiger partial charge in [-0.1, -0.05) is 47.9 Å². The summed E-state index contributed by atoms with van der Waals surface area (Å²) in [6, 6.07) is 12.9. The van der Waals surface area contributed by atoms with Crippen molar-refractivity contribution < 1.29 is 10.2 Å². The van der Waals surface area contributed by atoms with Crippen LogP contribution in [0.3, 0.4) is 0 Å². The highest BCUT2D eigenvalue weighted by Crippen LogP contribution is 2.22. The fourth-order valence-corrected chi connectivity index (χ4v) is 1.35. The van der Waals surface area contributed by atoms with Crippen molar-refractivity contribution >= 4 is 23.8 Å². The summed E-state index contributed by atoms with van der Waals surface area (Å²) in [7, 11) is 0. The molecule has 0 bridgehead atoms. The van der Waals surface area contributed by atoms with E-state index in [1.807, 2.05) is 0 Å². The molecule has 0 aliphatic carbocycles. The minimum atomic E-state index is -0.147. The van der Waals surface area contributed by atoms with Gasteiger partial charge in [0.2, 0.25) is 0 Å². The van der Waals surface area contributed by atoms with Crippen LogP contribution in [0.4, 0.5) is 11.4 Å². The third-order valence-electron chi connectivity index (χ3n) is 2.22. The molecule has 18 heavy (non-hydrogen) atoms. The first-order chi connectivity index (χ1) is 8.77. The first kappa shape index (κ1) is 11.9. The zero-order valence-corrected chi connectivity index (χ0v) is 9.48. The molecule has 0 heterocycles. The molecule has 2 aromatic carbocycles. The molecule has 0 fully saturated rings. The van der Waals surface area contributed by atoms with E-state index in [0.29, 0.717) is 11.4 Å². The van der Waals surface area contributed by atoms with Crippen molar-refractivity contribution in [3.63, 3.8) is 0 Å². The Balaban J connectivity index is 2.08. The topological polar surface area (TPSA) is 70.8 Å². The third-order valence-corrected chi connectivity index (χ3v) is 2.22. The predicted molar refractivity (Wildman–Crippen MR) is 68.1 cm³/mol. The number of benzene rings is 2. The second kappa shape index (κ2) is 5.63. The van der Waals surface area contributed by atoms with Gasteiger partial charge in [0.25, 0.3) is 0 Å². The molecule has 0 N–H and O–H groups in total. The van der Waals surface area contributed by atoms with E-state index in [0.717, 1.165) is 0 Å². The fourth-order valence-electron chi connectivity index (χ4n) is 1.35. The monoisotopic (exact) mass is 238 g/mol. The van der Waals surface area contributed by atoms with Crippen LogP contribution in [0.5, 0.6) is 11.5 Å². The molecule has 4 nitrogen and oxygen atoms in total. The van der Waals surface area contributed by atoms with Crippen LogP contribution >= 0.6 is 0 Å². The van der Waals surface area contributed by atoms with Crippen LogP contribution in [0.15, 0.2) is 58.5 Å². The second-order valence-electron chi connectivity index (χ2n) is 3.49. The second-order valence-corrected chi connectivity index (χ2v) is 3.49. The largest absolute Gasteiger partial charge is 0.871 e. The number of nitrogens with zero attached hydrogens (tertiary/aromatic N) is 2. The standard InChI is InChI=1S/C14H12N2O2/c17-13-7-3-1-5-11(13)15-9-10-16-12-6-2-4-8-14(12)18/h1-10,17-18H/p-2. The predicted octanol–water partition coefficient (Wildman–Crippen LogP) is 1.94. The van der Waals surface area contributed by atoms with Gasteiger partial charge in [0.1, 0.15) is 0 Å². The number of hydrogen-bond donors (Lipinski definition) is 0. The lowest BCUT2D eigenvalue weighted by Gasteiger charge is -2.07. The van der Waals surface area contributed by atoms with Crippen LogP contribution in [0, 0.1) is 0 Å². The Bertz CT molecular complexity index is 538. The molecule has 2 aromatic rings. The molecule has 0 saturated carbocycles. The lowest BCUT2D eigenvalue weighted by Crippen LogP contribution is -1.90. The highest BCUT2D eigenvalue weighted by molar-refractivity contribution is 6.17. The molecule has 0 aromatic heterocycles. The summed E-state index contributed by atoms with van der Waals surface area (Å²) in [5.41, 5.74) is 0.693. The van der Waals surface area contributed by atoms with Gasteiger partial charge >= 0.3 is 0 Å². The van der Waals surface area contributed by atoms with Gasteiger partial charge in [-0.25, -0.2) is 0 Å². The van der Waals surface area contributed by atoms with Crippen molar-refractivity contribution in [2.24, 2.45) is 9.98 Å². The van der Waals surface area contributed by atoms with E-state index in [4.69, 9.17) is 0 Å². The normalized spacial score (nSPS) is 11.3. The van der Waals surface area contributed by atoms with Gasteiger partial charge in [0.15, 0.2) is 0 Å². The number of aliphatic imine (C=N–C) groups is 2. The van der Waals surface area contributed by atoms with Gasteiger partial charge in [0.05, 0.1) is 11.4 Å². The summed E-state index contributed by atoms with van der Waals surface area (Å²) in [4.78, 5) is 7.92. The molecular weight excluding hydrogens is 228 g/mol. The molecule has 0 radical (unpaired) electrons. The fraction of sp³-hybridized carbons (Fsp3) is 0. The minimum absolute atomic E-state index is 0.147. The Hall–Kier alpha value is -2.62. The molecule has 4 heteroatoms. The van der Waals surface area contributed by atoms with E-state index in [-0.39, 0.29) is 11.5 Å². The minimum Gasteiger partial charge on any atom is -0.871 e. The van der Waals surface area contributed by atoms with Crippen LogP contribution in [0.2, 0.25) is 0 Å². The van der Waals surface area contributed by atoms with Gasteiger partial charge in [-0.2, -0.15) is 0 Å². The first-order valence-electron chi connectivity index (χ1n) is 5.36. The number of rotatable bonds is 3. The smallest absolute Gasteiger partial charge is 0.0551 e. The third kappa shape index (κ3) is 2.95. The quantitative estimate of drug-likeness (QED) is 0.766. The Morgan fingerprint density at radius 3 is 1.44 bits per heavy atom. The van der Waals surface area contributed by atoms with Gasteiger partial charge in [-0.05, 0) is 12.1 Å². The zero-order chi connectivity index (χ0) is 12.8. The lowest BCUT2D eigenvalue weighted by molar-refractivity contribution is -0.267. The van der Waals surface area contributed by atoms with Crippen LogP contribution in [-0.2, 0) is 0 Å². The van der Waals surface area contributed by atoms with E-state index in [9.17, 15) is 10.2 Å². The Morgan fingerprint density at radius 2 is 1.06 bits per heavy atom. The van der Waals surface area contributed by atoms with E-state index in [1.165, 1.54) is 24.6 Å². The van der Waals surface area contributed by atoms with Crippen LogP contribution in [0.1, 0.15) is 0 Å². The molecule has 0 aliphatic rings. The van der Waals surface area contributed by atoms with Crippen LogP contribution in [0.25, 0.3) is 0 Å². The van der Waals surface area contributed by atoms with Crippen molar-refractivity contribution in [2.75, 3.05) is 0 Å². The van der Waals surface area contributed by atoms with E-state index in [2.05, 4.69) is 9.98 Å². The van der Waals surface area contributed by atoms with Crippen molar-refractivity contribution in [1.82, 2.24) is 0 Å². The average Bonchev–Trinajstić information content (AvgIpc) is 2.38. The molecular formula is C14H10N2O2-2. The maximum absolute atomic E-state index is 11.3. The summed E-state index contributed by atoms with van der Waals surface area (Å²) >= 11 is 0. The maximum atomic E-state index is 11.3. The molecule has 0 amide bonds. The molecule has 0 saturated heterocycles. The Morgan fingerprint density at radius 1 is 0.667 bits per heavy atom. The summed E-state index contributed by atoms with van der Waals surface area (Å²) in [5, 5.41) is 22.7. The molecule has 90 valence electrons. The summed E-state index contributed by atoms with van der Waals surface area (Å²) in [6.07, 6.45) is 2.78. The Labute approximate surface area is 105 Å². The Kier molecular flexibility index (Phi) is 3.71. The van der Waals surface area contributed by atoms with Crippen molar-refractivity contribution in [3.8, 4) is 11.5 Å². The first-order valence-corrected chi connectivity index (χ1v) is 5.36. The molecule has 0 unspecified atom stereocenters. The lowest BCUT2D eigenvalue weighted by atomic mass is 10.3. The molecule has 0 aliphatic heterocycles. The average molecular weight is 238 g/mol. The van der Waals surface area contributed by atoms with E-state index >= 15 is 0 Å². The van der Waals surface area contributed by atoms with Crippen LogP contribution < -0.4 is 10.2 Å².